The molecule has 1 aromatic rings. The average molecular weight is 294 g/mol. The molecule has 0 radical (unpaired) electrons. The predicted molar refractivity (Wildman–Crippen MR) is 83.9 cm³/mol. The zero-order valence-corrected chi connectivity index (χ0v) is 13.4. The van der Waals surface area contributed by atoms with E-state index in [2.05, 4.69) is 0 Å². The Kier molecular flexibility index (Phi) is 10.1. The molecule has 2 amide bonds. The first kappa shape index (κ1) is 19.3. The van der Waals surface area contributed by atoms with Crippen molar-refractivity contribution in [2.75, 3.05) is 13.2 Å². The number of nitrogens with zero attached hydrogens (tertiary/aromatic N) is 1. The van der Waals surface area contributed by atoms with Crippen molar-refractivity contribution in [3.63, 3.8) is 0 Å². The molecule has 0 fully saturated rings. The van der Waals surface area contributed by atoms with Gasteiger partial charge in [0.1, 0.15) is 0 Å². The molecule has 21 heavy (non-hydrogen) atoms. The molecule has 0 saturated heterocycles. The van der Waals surface area contributed by atoms with Crippen LogP contribution in [0.25, 0.3) is 0 Å². The molecular formula is C16H26N2O3. The molecule has 0 saturated carbocycles. The highest BCUT2D eigenvalue weighted by atomic mass is 16.7. The lowest BCUT2D eigenvalue weighted by molar-refractivity contribution is -0.0920. The van der Waals surface area contributed by atoms with Crippen LogP contribution in [0.4, 0.5) is 0 Å². The van der Waals surface area contributed by atoms with Crippen molar-refractivity contribution in [1.29, 1.82) is 0 Å². The molecular weight excluding hydrogens is 268 g/mol. The molecule has 2 N–H and O–H groups in total. The molecule has 0 spiro atoms. The van der Waals surface area contributed by atoms with Gasteiger partial charge in [-0.1, -0.05) is 39.8 Å². The van der Waals surface area contributed by atoms with Crippen molar-refractivity contribution in [2.45, 2.75) is 40.5 Å². The number of imide groups is 1. The van der Waals surface area contributed by atoms with Gasteiger partial charge in [0.25, 0.3) is 11.8 Å². The van der Waals surface area contributed by atoms with E-state index in [0.717, 1.165) is 17.9 Å². The van der Waals surface area contributed by atoms with Crippen molar-refractivity contribution in [2.24, 2.45) is 5.73 Å². The first-order chi connectivity index (χ1) is 10.3. The lowest BCUT2D eigenvalue weighted by atomic mass is 10.1. The number of hydrogen-bond acceptors (Lipinski definition) is 4. The SMILES string of the molecule is CC.CC.NCCCCON1C(=O)c2ccccc2C1=O. The molecule has 2 rings (SSSR count). The van der Waals surface area contributed by atoms with Crippen LogP contribution in [0, 0.1) is 0 Å². The van der Waals surface area contributed by atoms with Crippen molar-refractivity contribution < 1.29 is 14.4 Å². The third-order valence-electron chi connectivity index (χ3n) is 2.58. The van der Waals surface area contributed by atoms with Gasteiger partial charge in [0.2, 0.25) is 0 Å². The van der Waals surface area contributed by atoms with Gasteiger partial charge in [-0.2, -0.15) is 0 Å². The zero-order chi connectivity index (χ0) is 16.3. The summed E-state index contributed by atoms with van der Waals surface area (Å²) < 4.78 is 0. The lowest BCUT2D eigenvalue weighted by Crippen LogP contribution is -2.30. The van der Waals surface area contributed by atoms with Crippen LogP contribution in [0.15, 0.2) is 24.3 Å². The standard InChI is InChI=1S/C12H14N2O3.2C2H6/c13-7-3-4-8-17-14-11(15)9-5-1-2-6-10(9)12(14)16;2*1-2/h1-2,5-6H,3-4,7-8,13H2;2*1-2H3. The maximum absolute atomic E-state index is 11.8. The van der Waals surface area contributed by atoms with Crippen LogP contribution in [0.5, 0.6) is 0 Å². The number of carbonyl (C=O) groups excluding carboxylic acids is 2. The average Bonchev–Trinajstić information content (AvgIpc) is 2.80. The van der Waals surface area contributed by atoms with E-state index in [4.69, 9.17) is 10.6 Å². The topological polar surface area (TPSA) is 72.6 Å². The number of fused-ring (bicyclic) bond motifs is 1. The van der Waals surface area contributed by atoms with Crippen LogP contribution in [0.3, 0.4) is 0 Å². The van der Waals surface area contributed by atoms with Gasteiger partial charge in [-0.3, -0.25) is 14.4 Å². The molecule has 0 bridgehead atoms. The molecule has 5 heteroatoms. The Morgan fingerprint density at radius 1 is 0.952 bits per heavy atom. The summed E-state index contributed by atoms with van der Waals surface area (Å²) in [6.45, 7) is 8.90. The molecule has 5 nitrogen and oxygen atoms in total. The van der Waals surface area contributed by atoms with Gasteiger partial charge < -0.3 is 5.73 Å². The number of unbranched alkanes of at least 4 members (excludes halogenated alkanes) is 1. The van der Waals surface area contributed by atoms with Crippen LogP contribution in [0.2, 0.25) is 0 Å². The molecule has 1 aromatic carbocycles. The monoisotopic (exact) mass is 294 g/mol. The number of hydroxylamine groups is 2. The Labute approximate surface area is 127 Å². The van der Waals surface area contributed by atoms with E-state index in [9.17, 15) is 9.59 Å². The van der Waals surface area contributed by atoms with Crippen LogP contribution < -0.4 is 5.73 Å². The second-order valence-corrected chi connectivity index (χ2v) is 3.78. The molecule has 118 valence electrons. The fourth-order valence-electron chi connectivity index (χ4n) is 1.69. The minimum absolute atomic E-state index is 0.322. The summed E-state index contributed by atoms with van der Waals surface area (Å²) in [7, 11) is 0. The normalized spacial score (nSPS) is 12.1. The van der Waals surface area contributed by atoms with Gasteiger partial charge >= 0.3 is 0 Å². The van der Waals surface area contributed by atoms with Gasteiger partial charge in [0.15, 0.2) is 0 Å². The summed E-state index contributed by atoms with van der Waals surface area (Å²) in [5, 5.41) is 0.835. The second-order valence-electron chi connectivity index (χ2n) is 3.78. The Hall–Kier alpha value is -1.72. The summed E-state index contributed by atoms with van der Waals surface area (Å²) in [6, 6.07) is 6.70. The number of nitrogens with two attached hydrogens (primary N) is 1. The van der Waals surface area contributed by atoms with E-state index < -0.39 is 11.8 Å². The van der Waals surface area contributed by atoms with Crippen LogP contribution in [0.1, 0.15) is 61.3 Å². The number of rotatable bonds is 5. The number of benzene rings is 1. The molecule has 1 aliphatic rings. The molecule has 0 atom stereocenters. The first-order valence-electron chi connectivity index (χ1n) is 7.56. The van der Waals surface area contributed by atoms with E-state index in [-0.39, 0.29) is 0 Å². The largest absolute Gasteiger partial charge is 0.330 e. The third kappa shape index (κ3) is 4.95. The Morgan fingerprint density at radius 2 is 1.43 bits per heavy atom. The van der Waals surface area contributed by atoms with Crippen LogP contribution in [-0.4, -0.2) is 30.0 Å². The van der Waals surface area contributed by atoms with Gasteiger partial charge in [0, 0.05) is 0 Å². The fourth-order valence-corrected chi connectivity index (χ4v) is 1.69. The summed E-state index contributed by atoms with van der Waals surface area (Å²) >= 11 is 0. The van der Waals surface area contributed by atoms with E-state index in [1.165, 1.54) is 0 Å². The van der Waals surface area contributed by atoms with Crippen molar-refractivity contribution in [1.82, 2.24) is 5.06 Å². The molecule has 0 aromatic heterocycles. The highest BCUT2D eigenvalue weighted by molar-refractivity contribution is 6.20. The number of hydrogen-bond donors (Lipinski definition) is 1. The second kappa shape index (κ2) is 11.0. The fraction of sp³-hybridized carbons (Fsp3) is 0.500. The quantitative estimate of drug-likeness (QED) is 0.669. The maximum Gasteiger partial charge on any atom is 0.285 e. The van der Waals surface area contributed by atoms with Crippen LogP contribution >= 0.6 is 0 Å². The van der Waals surface area contributed by atoms with Crippen molar-refractivity contribution >= 4 is 11.8 Å². The first-order valence-corrected chi connectivity index (χ1v) is 7.56. The summed E-state index contributed by atoms with van der Waals surface area (Å²) in [4.78, 5) is 28.8. The smallest absolute Gasteiger partial charge is 0.285 e. The molecule has 1 aliphatic heterocycles. The van der Waals surface area contributed by atoms with E-state index in [1.54, 1.807) is 24.3 Å². The van der Waals surface area contributed by atoms with E-state index >= 15 is 0 Å². The Bertz CT molecular complexity index is 412. The Balaban J connectivity index is 0.000000921. The highest BCUT2D eigenvalue weighted by Gasteiger charge is 2.36. The van der Waals surface area contributed by atoms with Crippen molar-refractivity contribution in [3.05, 3.63) is 35.4 Å². The molecule has 0 unspecified atom stereocenters. The van der Waals surface area contributed by atoms with Gasteiger partial charge in [0.05, 0.1) is 17.7 Å². The third-order valence-corrected chi connectivity index (χ3v) is 2.58. The highest BCUT2D eigenvalue weighted by Crippen LogP contribution is 2.22. The lowest BCUT2D eigenvalue weighted by Gasteiger charge is -2.12. The van der Waals surface area contributed by atoms with Gasteiger partial charge in [-0.15, -0.1) is 5.06 Å². The summed E-state index contributed by atoms with van der Waals surface area (Å²) in [6.07, 6.45) is 1.53. The van der Waals surface area contributed by atoms with E-state index in [1.807, 2.05) is 27.7 Å². The molecule has 0 aliphatic carbocycles. The number of amides is 2. The minimum atomic E-state index is -0.390. The Morgan fingerprint density at radius 3 is 1.86 bits per heavy atom. The predicted octanol–water partition coefficient (Wildman–Crippen LogP) is 3.01. The zero-order valence-electron chi connectivity index (χ0n) is 13.4. The molecule has 1 heterocycles. The van der Waals surface area contributed by atoms with Gasteiger partial charge in [-0.25, -0.2) is 0 Å². The van der Waals surface area contributed by atoms with E-state index in [0.29, 0.717) is 24.3 Å². The van der Waals surface area contributed by atoms with Gasteiger partial charge in [-0.05, 0) is 31.5 Å². The minimum Gasteiger partial charge on any atom is -0.330 e. The number of carbonyl (C=O) groups is 2. The summed E-state index contributed by atoms with van der Waals surface area (Å²) in [5.74, 6) is -0.781. The van der Waals surface area contributed by atoms with Crippen molar-refractivity contribution in [3.8, 4) is 0 Å². The van der Waals surface area contributed by atoms with Crippen LogP contribution in [-0.2, 0) is 4.84 Å². The maximum atomic E-state index is 11.8. The summed E-state index contributed by atoms with van der Waals surface area (Å²) in [5.41, 5.74) is 6.14.